The number of hydrogen-bond donors (Lipinski definition) is 0. The molecule has 2 rings (SSSR count). The lowest BCUT2D eigenvalue weighted by Gasteiger charge is -2.07. The highest BCUT2D eigenvalue weighted by Gasteiger charge is 1.98. The second-order valence-electron chi connectivity index (χ2n) is 4.18. The van der Waals surface area contributed by atoms with Gasteiger partial charge in [0.15, 0.2) is 0 Å². The van der Waals surface area contributed by atoms with Gasteiger partial charge in [-0.1, -0.05) is 60.1 Å². The van der Waals surface area contributed by atoms with Gasteiger partial charge < -0.3 is 9.47 Å². The second-order valence-corrected chi connectivity index (χ2v) is 4.59. The van der Waals surface area contributed by atoms with E-state index < -0.39 is 0 Å². The van der Waals surface area contributed by atoms with Gasteiger partial charge in [-0.05, 0) is 17.2 Å². The molecule has 0 saturated heterocycles. The van der Waals surface area contributed by atoms with Gasteiger partial charge in [-0.15, -0.1) is 0 Å². The molecule has 0 aromatic heterocycles. The third-order valence-electron chi connectivity index (χ3n) is 2.70. The highest BCUT2D eigenvalue weighted by Crippen LogP contribution is 2.15. The number of benzene rings is 2. The van der Waals surface area contributed by atoms with Crippen LogP contribution in [-0.4, -0.2) is 13.2 Å². The largest absolute Gasteiger partial charge is 0.374 e. The highest BCUT2D eigenvalue weighted by atomic mass is 35.5. The Morgan fingerprint density at radius 2 is 1.37 bits per heavy atom. The zero-order chi connectivity index (χ0) is 13.3. The molecule has 0 aliphatic heterocycles. The molecule has 2 aromatic carbocycles. The number of ether oxygens (including phenoxy) is 2. The monoisotopic (exact) mass is 276 g/mol. The van der Waals surface area contributed by atoms with Crippen molar-refractivity contribution in [1.29, 1.82) is 0 Å². The zero-order valence-electron chi connectivity index (χ0n) is 10.7. The fraction of sp³-hybridized carbons (Fsp3) is 0.250. The summed E-state index contributed by atoms with van der Waals surface area (Å²) in [6.07, 6.45) is 0. The molecule has 2 aromatic rings. The minimum atomic E-state index is 0.522. The first-order valence-corrected chi connectivity index (χ1v) is 6.67. The van der Waals surface area contributed by atoms with Gasteiger partial charge in [0.25, 0.3) is 0 Å². The van der Waals surface area contributed by atoms with Crippen molar-refractivity contribution in [3.63, 3.8) is 0 Å². The number of hydrogen-bond acceptors (Lipinski definition) is 2. The predicted octanol–water partition coefficient (Wildman–Crippen LogP) is 4.07. The Labute approximate surface area is 118 Å². The van der Waals surface area contributed by atoms with Crippen LogP contribution in [0.15, 0.2) is 54.6 Å². The quantitative estimate of drug-likeness (QED) is 0.710. The molecule has 0 heterocycles. The van der Waals surface area contributed by atoms with Crippen LogP contribution >= 0.6 is 11.6 Å². The predicted molar refractivity (Wildman–Crippen MR) is 77.2 cm³/mol. The lowest BCUT2D eigenvalue weighted by Crippen LogP contribution is -2.04. The molecule has 0 aliphatic rings. The summed E-state index contributed by atoms with van der Waals surface area (Å²) in [5, 5.41) is 0.743. The van der Waals surface area contributed by atoms with Crippen molar-refractivity contribution in [2.45, 2.75) is 13.2 Å². The normalized spacial score (nSPS) is 10.6. The van der Waals surface area contributed by atoms with Gasteiger partial charge in [-0.2, -0.15) is 0 Å². The number of halogens is 1. The van der Waals surface area contributed by atoms with E-state index in [-0.39, 0.29) is 0 Å². The SMILES string of the molecule is Clc1ccccc1COCCOCc1ccccc1. The van der Waals surface area contributed by atoms with Crippen LogP contribution in [0.3, 0.4) is 0 Å². The third kappa shape index (κ3) is 5.03. The molecular weight excluding hydrogens is 260 g/mol. The molecule has 0 unspecified atom stereocenters. The van der Waals surface area contributed by atoms with Crippen molar-refractivity contribution < 1.29 is 9.47 Å². The van der Waals surface area contributed by atoms with Crippen molar-refractivity contribution in [1.82, 2.24) is 0 Å². The van der Waals surface area contributed by atoms with Crippen LogP contribution in [-0.2, 0) is 22.7 Å². The van der Waals surface area contributed by atoms with Crippen molar-refractivity contribution in [3.8, 4) is 0 Å². The Morgan fingerprint density at radius 1 is 0.737 bits per heavy atom. The molecule has 0 N–H and O–H groups in total. The molecule has 0 amide bonds. The lowest BCUT2D eigenvalue weighted by atomic mass is 10.2. The van der Waals surface area contributed by atoms with E-state index in [0.717, 1.165) is 10.6 Å². The van der Waals surface area contributed by atoms with E-state index in [1.54, 1.807) is 0 Å². The van der Waals surface area contributed by atoms with Crippen molar-refractivity contribution in [3.05, 3.63) is 70.7 Å². The molecule has 0 atom stereocenters. The fourth-order valence-electron chi connectivity index (χ4n) is 1.68. The maximum Gasteiger partial charge on any atom is 0.0732 e. The Kier molecular flexibility index (Phi) is 5.89. The first-order chi connectivity index (χ1) is 9.36. The summed E-state index contributed by atoms with van der Waals surface area (Å²) < 4.78 is 11.1. The van der Waals surface area contributed by atoms with E-state index in [0.29, 0.717) is 26.4 Å². The standard InChI is InChI=1S/C16H17ClO2/c17-16-9-5-4-8-15(16)13-19-11-10-18-12-14-6-2-1-3-7-14/h1-9H,10-13H2. The molecule has 0 saturated carbocycles. The topological polar surface area (TPSA) is 18.5 Å². The van der Waals surface area contributed by atoms with Gasteiger partial charge in [0.2, 0.25) is 0 Å². The van der Waals surface area contributed by atoms with Crippen molar-refractivity contribution >= 4 is 11.6 Å². The van der Waals surface area contributed by atoms with Gasteiger partial charge >= 0.3 is 0 Å². The maximum absolute atomic E-state index is 6.03. The Bertz CT molecular complexity index is 485. The van der Waals surface area contributed by atoms with E-state index in [1.807, 2.05) is 54.6 Å². The molecule has 19 heavy (non-hydrogen) atoms. The minimum absolute atomic E-state index is 0.522. The molecule has 3 heteroatoms. The van der Waals surface area contributed by atoms with Gasteiger partial charge in [-0.25, -0.2) is 0 Å². The molecular formula is C16H17ClO2. The van der Waals surface area contributed by atoms with Crippen molar-refractivity contribution in [2.75, 3.05) is 13.2 Å². The van der Waals surface area contributed by atoms with Crippen LogP contribution in [0, 0.1) is 0 Å². The summed E-state index contributed by atoms with van der Waals surface area (Å²) in [5.74, 6) is 0. The Balaban J connectivity index is 1.59. The zero-order valence-corrected chi connectivity index (χ0v) is 11.5. The summed E-state index contributed by atoms with van der Waals surface area (Å²) in [5.41, 5.74) is 2.18. The van der Waals surface area contributed by atoms with Crippen LogP contribution in [0.4, 0.5) is 0 Å². The van der Waals surface area contributed by atoms with E-state index in [1.165, 1.54) is 5.56 Å². The van der Waals surface area contributed by atoms with E-state index in [4.69, 9.17) is 21.1 Å². The van der Waals surface area contributed by atoms with Crippen LogP contribution in [0.1, 0.15) is 11.1 Å². The van der Waals surface area contributed by atoms with Gasteiger partial charge in [0, 0.05) is 5.02 Å². The van der Waals surface area contributed by atoms with Crippen molar-refractivity contribution in [2.24, 2.45) is 0 Å². The summed E-state index contributed by atoms with van der Waals surface area (Å²) in [6.45, 7) is 2.29. The molecule has 0 aliphatic carbocycles. The first-order valence-electron chi connectivity index (χ1n) is 6.29. The van der Waals surface area contributed by atoms with E-state index in [2.05, 4.69) is 0 Å². The molecule has 0 spiro atoms. The third-order valence-corrected chi connectivity index (χ3v) is 3.07. The van der Waals surface area contributed by atoms with Gasteiger partial charge in [0.1, 0.15) is 0 Å². The molecule has 0 bridgehead atoms. The van der Waals surface area contributed by atoms with Crippen LogP contribution < -0.4 is 0 Å². The summed E-state index contributed by atoms with van der Waals surface area (Å²) in [7, 11) is 0. The smallest absolute Gasteiger partial charge is 0.0732 e. The first kappa shape index (κ1) is 14.1. The van der Waals surface area contributed by atoms with Crippen LogP contribution in [0.2, 0.25) is 5.02 Å². The Hall–Kier alpha value is -1.35. The highest BCUT2D eigenvalue weighted by molar-refractivity contribution is 6.31. The average Bonchev–Trinajstić information content (AvgIpc) is 2.45. The molecule has 0 radical (unpaired) electrons. The summed E-state index contributed by atoms with van der Waals surface area (Å²) >= 11 is 6.03. The second kappa shape index (κ2) is 7.95. The summed E-state index contributed by atoms with van der Waals surface area (Å²) in [6, 6.07) is 17.8. The number of rotatable bonds is 7. The molecule has 2 nitrogen and oxygen atoms in total. The lowest BCUT2D eigenvalue weighted by molar-refractivity contribution is 0.0339. The van der Waals surface area contributed by atoms with Gasteiger partial charge in [0.05, 0.1) is 26.4 Å². The van der Waals surface area contributed by atoms with E-state index in [9.17, 15) is 0 Å². The average molecular weight is 277 g/mol. The fourth-order valence-corrected chi connectivity index (χ4v) is 1.87. The molecule has 100 valence electrons. The summed E-state index contributed by atoms with van der Waals surface area (Å²) in [4.78, 5) is 0. The minimum Gasteiger partial charge on any atom is -0.374 e. The Morgan fingerprint density at radius 3 is 2.11 bits per heavy atom. The molecule has 0 fully saturated rings. The van der Waals surface area contributed by atoms with Gasteiger partial charge in [-0.3, -0.25) is 0 Å². The van der Waals surface area contributed by atoms with Crippen LogP contribution in [0.25, 0.3) is 0 Å². The van der Waals surface area contributed by atoms with E-state index >= 15 is 0 Å². The maximum atomic E-state index is 6.03. The van der Waals surface area contributed by atoms with Crippen LogP contribution in [0.5, 0.6) is 0 Å².